The minimum Gasteiger partial charge on any atom is -0.493 e. The molecule has 0 saturated heterocycles. The summed E-state index contributed by atoms with van der Waals surface area (Å²) in [6, 6.07) is 14.7. The third-order valence-corrected chi connectivity index (χ3v) is 5.21. The van der Waals surface area contributed by atoms with Crippen LogP contribution < -0.4 is 10.4 Å². The van der Waals surface area contributed by atoms with Crippen LogP contribution in [-0.2, 0) is 16.0 Å². The summed E-state index contributed by atoms with van der Waals surface area (Å²) < 4.78 is 30.0. The number of halogens is 1. The molecule has 0 radical (unpaired) electrons. The highest BCUT2D eigenvalue weighted by Crippen LogP contribution is 2.28. The van der Waals surface area contributed by atoms with Crippen LogP contribution in [0.4, 0.5) is 4.39 Å². The molecule has 0 fully saturated rings. The molecular formula is C26H27FO5. The van der Waals surface area contributed by atoms with E-state index >= 15 is 0 Å². The maximum absolute atomic E-state index is 13.6. The van der Waals surface area contributed by atoms with Crippen molar-refractivity contribution in [2.45, 2.75) is 27.2 Å². The first-order chi connectivity index (χ1) is 15.3. The van der Waals surface area contributed by atoms with Crippen LogP contribution in [-0.4, -0.2) is 25.9 Å². The van der Waals surface area contributed by atoms with Gasteiger partial charge in [-0.1, -0.05) is 44.7 Å². The van der Waals surface area contributed by atoms with E-state index < -0.39 is 23.7 Å². The smallest absolute Gasteiger partial charge is 0.344 e. The molecule has 0 aliphatic heterocycles. The fourth-order valence-electron chi connectivity index (χ4n) is 3.20. The SMILES string of the molecule is C=C(C)C(=O)OCC(C)(CF)COc1ccc2cc(-c3ccccc3CC)c(=O)oc2c1. The van der Waals surface area contributed by atoms with Gasteiger partial charge in [0.15, 0.2) is 0 Å². The molecule has 1 atom stereocenters. The van der Waals surface area contributed by atoms with Crippen LogP contribution >= 0.6 is 0 Å². The van der Waals surface area contributed by atoms with Crippen LogP contribution in [0.3, 0.4) is 0 Å². The summed E-state index contributed by atoms with van der Waals surface area (Å²) in [7, 11) is 0. The van der Waals surface area contributed by atoms with Gasteiger partial charge in [0.25, 0.3) is 0 Å². The van der Waals surface area contributed by atoms with Gasteiger partial charge in [-0.05, 0) is 42.7 Å². The van der Waals surface area contributed by atoms with E-state index in [1.165, 1.54) is 6.92 Å². The minimum atomic E-state index is -1.02. The highest BCUT2D eigenvalue weighted by Gasteiger charge is 2.28. The van der Waals surface area contributed by atoms with Gasteiger partial charge < -0.3 is 13.9 Å². The van der Waals surface area contributed by atoms with Crippen molar-refractivity contribution >= 4 is 16.9 Å². The zero-order valence-electron chi connectivity index (χ0n) is 18.6. The van der Waals surface area contributed by atoms with E-state index in [1.807, 2.05) is 37.3 Å². The van der Waals surface area contributed by atoms with Crippen molar-refractivity contribution < 1.29 is 23.1 Å². The Labute approximate surface area is 186 Å². The Hall–Kier alpha value is -3.41. The standard InChI is InChI=1S/C26H27FO5/c1-5-18-8-6-7-9-21(18)22-12-19-10-11-20(13-23(19)32-25(22)29)30-15-26(4,14-27)16-31-24(28)17(2)3/h6-13H,2,5,14-16H2,1,3-4H3. The molecule has 6 heteroatoms. The first kappa shape index (κ1) is 23.3. The highest BCUT2D eigenvalue weighted by atomic mass is 19.1. The van der Waals surface area contributed by atoms with E-state index in [4.69, 9.17) is 13.9 Å². The molecule has 0 bridgehead atoms. The Morgan fingerprint density at radius 2 is 1.88 bits per heavy atom. The average molecular weight is 438 g/mol. The Bertz CT molecular complexity index is 1200. The number of hydrogen-bond donors (Lipinski definition) is 0. The Kier molecular flexibility index (Phi) is 7.13. The van der Waals surface area contributed by atoms with Crippen molar-refractivity contribution in [2.75, 3.05) is 19.9 Å². The van der Waals surface area contributed by atoms with Crippen LogP contribution in [0, 0.1) is 5.41 Å². The van der Waals surface area contributed by atoms with Crippen LogP contribution in [0.2, 0.25) is 0 Å². The van der Waals surface area contributed by atoms with Crippen LogP contribution in [0.25, 0.3) is 22.1 Å². The second kappa shape index (κ2) is 9.81. The monoisotopic (exact) mass is 438 g/mol. The van der Waals surface area contributed by atoms with E-state index in [2.05, 4.69) is 6.58 Å². The molecule has 0 aliphatic carbocycles. The van der Waals surface area contributed by atoms with Crippen molar-refractivity contribution in [3.8, 4) is 16.9 Å². The molecule has 2 aromatic carbocycles. The predicted octanol–water partition coefficient (Wildman–Crippen LogP) is 5.50. The number of fused-ring (bicyclic) bond motifs is 1. The number of benzene rings is 2. The molecule has 1 aromatic heterocycles. The van der Waals surface area contributed by atoms with E-state index in [9.17, 15) is 14.0 Å². The molecule has 5 nitrogen and oxygen atoms in total. The number of alkyl halides is 1. The maximum atomic E-state index is 13.6. The van der Waals surface area contributed by atoms with E-state index in [0.29, 0.717) is 16.9 Å². The lowest BCUT2D eigenvalue weighted by Gasteiger charge is -2.25. The molecule has 3 aromatic rings. The number of carbonyl (C=O) groups is 1. The summed E-state index contributed by atoms with van der Waals surface area (Å²) >= 11 is 0. The first-order valence-corrected chi connectivity index (χ1v) is 10.4. The third kappa shape index (κ3) is 5.25. The first-order valence-electron chi connectivity index (χ1n) is 10.4. The van der Waals surface area contributed by atoms with Gasteiger partial charge in [-0.15, -0.1) is 0 Å². The molecule has 1 unspecified atom stereocenters. The van der Waals surface area contributed by atoms with Gasteiger partial charge in [-0.25, -0.2) is 9.59 Å². The number of rotatable bonds is 9. The normalized spacial score (nSPS) is 12.9. The van der Waals surface area contributed by atoms with Crippen molar-refractivity contribution in [2.24, 2.45) is 5.41 Å². The summed E-state index contributed by atoms with van der Waals surface area (Å²) in [6.45, 7) is 7.80. The van der Waals surface area contributed by atoms with Gasteiger partial charge in [0.2, 0.25) is 0 Å². The van der Waals surface area contributed by atoms with Gasteiger partial charge in [-0.2, -0.15) is 0 Å². The molecule has 3 rings (SSSR count). The Morgan fingerprint density at radius 3 is 2.56 bits per heavy atom. The lowest BCUT2D eigenvalue weighted by Crippen LogP contribution is -2.34. The van der Waals surface area contributed by atoms with Crippen molar-refractivity contribution in [1.29, 1.82) is 0 Å². The van der Waals surface area contributed by atoms with Gasteiger partial charge >= 0.3 is 11.6 Å². The molecule has 0 amide bonds. The highest BCUT2D eigenvalue weighted by molar-refractivity contribution is 5.87. The summed E-state index contributed by atoms with van der Waals surface area (Å²) in [5, 5.41) is 0.751. The third-order valence-electron chi connectivity index (χ3n) is 5.21. The van der Waals surface area contributed by atoms with Crippen LogP contribution in [0.15, 0.2) is 69.9 Å². The second-order valence-electron chi connectivity index (χ2n) is 8.25. The molecule has 0 N–H and O–H groups in total. The Morgan fingerprint density at radius 1 is 1.12 bits per heavy atom. The fraction of sp³-hybridized carbons (Fsp3) is 0.308. The molecular weight excluding hydrogens is 411 g/mol. The number of ether oxygens (including phenoxy) is 2. The number of hydrogen-bond acceptors (Lipinski definition) is 5. The molecule has 168 valence electrons. The molecule has 0 aliphatic rings. The summed E-state index contributed by atoms with van der Waals surface area (Å²) in [6.07, 6.45) is 0.801. The van der Waals surface area contributed by atoms with Crippen molar-refractivity contribution in [3.05, 3.63) is 76.7 Å². The quantitative estimate of drug-likeness (QED) is 0.251. The van der Waals surface area contributed by atoms with E-state index in [-0.39, 0.29) is 18.8 Å². The van der Waals surface area contributed by atoms with Gasteiger partial charge in [-0.3, -0.25) is 4.39 Å². The minimum absolute atomic E-state index is 0.0231. The number of esters is 1. The van der Waals surface area contributed by atoms with Crippen molar-refractivity contribution in [1.82, 2.24) is 0 Å². The fourth-order valence-corrected chi connectivity index (χ4v) is 3.20. The van der Waals surface area contributed by atoms with E-state index in [0.717, 1.165) is 22.9 Å². The zero-order valence-corrected chi connectivity index (χ0v) is 18.6. The molecule has 32 heavy (non-hydrogen) atoms. The lowest BCUT2D eigenvalue weighted by atomic mass is 9.95. The zero-order chi connectivity index (χ0) is 23.3. The maximum Gasteiger partial charge on any atom is 0.344 e. The second-order valence-corrected chi connectivity index (χ2v) is 8.25. The number of aryl methyl sites for hydroxylation is 1. The topological polar surface area (TPSA) is 65.7 Å². The Balaban J connectivity index is 1.80. The summed E-state index contributed by atoms with van der Waals surface area (Å²) in [5.74, 6) is -0.147. The molecule has 0 spiro atoms. The summed E-state index contributed by atoms with van der Waals surface area (Å²) in [4.78, 5) is 24.3. The lowest BCUT2D eigenvalue weighted by molar-refractivity contribution is -0.143. The molecule has 1 heterocycles. The summed E-state index contributed by atoms with van der Waals surface area (Å²) in [5.41, 5.74) is 1.60. The van der Waals surface area contributed by atoms with Crippen LogP contribution in [0.1, 0.15) is 26.3 Å². The average Bonchev–Trinajstić information content (AvgIpc) is 2.80. The molecule has 0 saturated carbocycles. The van der Waals surface area contributed by atoms with Gasteiger partial charge in [0.05, 0.1) is 17.6 Å². The largest absolute Gasteiger partial charge is 0.493 e. The number of carbonyl (C=O) groups excluding carboxylic acids is 1. The van der Waals surface area contributed by atoms with Gasteiger partial charge in [0, 0.05) is 17.0 Å². The van der Waals surface area contributed by atoms with Gasteiger partial charge in [0.1, 0.15) is 24.6 Å². The van der Waals surface area contributed by atoms with Crippen LogP contribution in [0.5, 0.6) is 5.75 Å². The predicted molar refractivity (Wildman–Crippen MR) is 123 cm³/mol. The van der Waals surface area contributed by atoms with E-state index in [1.54, 1.807) is 25.1 Å². The van der Waals surface area contributed by atoms with Crippen molar-refractivity contribution in [3.63, 3.8) is 0 Å².